The van der Waals surface area contributed by atoms with E-state index >= 15 is 0 Å². The van der Waals surface area contributed by atoms with Crippen molar-refractivity contribution < 1.29 is 14.4 Å². The highest BCUT2D eigenvalue weighted by Crippen LogP contribution is 2.23. The number of H-pyrrole nitrogens is 1. The summed E-state index contributed by atoms with van der Waals surface area (Å²) in [5, 5.41) is 13.8. The van der Waals surface area contributed by atoms with Crippen LogP contribution in [0.5, 0.6) is 0 Å². The highest BCUT2D eigenvalue weighted by molar-refractivity contribution is 6.11. The molecular weight excluding hydrogens is 488 g/mol. The Bertz CT molecular complexity index is 1670. The van der Waals surface area contributed by atoms with E-state index in [2.05, 4.69) is 20.8 Å². The van der Waals surface area contributed by atoms with Gasteiger partial charge >= 0.3 is 0 Å². The first-order valence-electron chi connectivity index (χ1n) is 12.5. The Kier molecular flexibility index (Phi) is 7.41. The lowest BCUT2D eigenvalue weighted by atomic mass is 10.0. The monoisotopic (exact) mass is 514 g/mol. The van der Waals surface area contributed by atoms with Crippen molar-refractivity contribution in [1.82, 2.24) is 15.5 Å². The first-order valence-corrected chi connectivity index (χ1v) is 12.5. The second kappa shape index (κ2) is 11.4. The average Bonchev–Trinajstić information content (AvgIpc) is 3.37. The molecule has 4 aromatic carbocycles. The lowest BCUT2D eigenvalue weighted by Gasteiger charge is -2.18. The van der Waals surface area contributed by atoms with Gasteiger partial charge in [0.1, 0.15) is 6.04 Å². The minimum Gasteiger partial charge on any atom is -0.341 e. The van der Waals surface area contributed by atoms with E-state index in [0.29, 0.717) is 22.4 Å². The molecule has 39 heavy (non-hydrogen) atoms. The Morgan fingerprint density at radius 1 is 0.795 bits per heavy atom. The van der Waals surface area contributed by atoms with Crippen LogP contribution in [0.4, 0.5) is 5.69 Å². The molecule has 0 saturated heterocycles. The zero-order valence-electron chi connectivity index (χ0n) is 21.2. The van der Waals surface area contributed by atoms with E-state index in [-0.39, 0.29) is 11.7 Å². The van der Waals surface area contributed by atoms with Crippen LogP contribution in [0.25, 0.3) is 23.1 Å². The summed E-state index contributed by atoms with van der Waals surface area (Å²) in [6, 6.07) is 30.2. The fourth-order valence-electron chi connectivity index (χ4n) is 4.32. The number of hydrogen-bond acceptors (Lipinski definition) is 4. The number of fused-ring (bicyclic) bond motifs is 1. The van der Waals surface area contributed by atoms with Gasteiger partial charge in [-0.05, 0) is 41.5 Å². The highest BCUT2D eigenvalue weighted by atomic mass is 16.2. The Labute approximate surface area is 225 Å². The third kappa shape index (κ3) is 5.99. The molecule has 0 bridgehead atoms. The minimum atomic E-state index is -0.865. The Balaban J connectivity index is 1.34. The molecule has 3 N–H and O–H groups in total. The molecule has 0 radical (unpaired) electrons. The molecule has 0 aliphatic rings. The van der Waals surface area contributed by atoms with Crippen molar-refractivity contribution in [3.63, 3.8) is 0 Å². The predicted molar refractivity (Wildman–Crippen MR) is 153 cm³/mol. The smallest absolute Gasteiger partial charge is 0.251 e. The van der Waals surface area contributed by atoms with Crippen LogP contribution in [0.3, 0.4) is 0 Å². The summed E-state index contributed by atoms with van der Waals surface area (Å²) in [4.78, 5) is 38.1. The van der Waals surface area contributed by atoms with Crippen LogP contribution < -0.4 is 10.6 Å². The van der Waals surface area contributed by atoms with Crippen molar-refractivity contribution in [2.75, 3.05) is 5.32 Å². The second-order valence-corrected chi connectivity index (χ2v) is 9.06. The van der Waals surface area contributed by atoms with E-state index in [9.17, 15) is 14.4 Å². The van der Waals surface area contributed by atoms with Crippen LogP contribution in [0.1, 0.15) is 45.7 Å². The van der Waals surface area contributed by atoms with Gasteiger partial charge in [0.15, 0.2) is 5.78 Å². The zero-order chi connectivity index (χ0) is 27.2. The first kappa shape index (κ1) is 25.4. The van der Waals surface area contributed by atoms with Gasteiger partial charge in [0, 0.05) is 29.1 Å². The Hall–Kier alpha value is -5.30. The molecule has 1 atom stereocenters. The molecule has 5 rings (SSSR count). The molecule has 7 heteroatoms. The molecule has 0 fully saturated rings. The molecule has 1 aromatic heterocycles. The Morgan fingerprint density at radius 3 is 2.26 bits per heavy atom. The van der Waals surface area contributed by atoms with Crippen molar-refractivity contribution in [3.05, 3.63) is 131 Å². The van der Waals surface area contributed by atoms with E-state index in [1.54, 1.807) is 60.7 Å². The van der Waals surface area contributed by atoms with Crippen LogP contribution in [0.15, 0.2) is 103 Å². The van der Waals surface area contributed by atoms with Gasteiger partial charge in [-0.3, -0.25) is 19.5 Å². The van der Waals surface area contributed by atoms with E-state index < -0.39 is 11.9 Å². The van der Waals surface area contributed by atoms with E-state index in [0.717, 1.165) is 22.2 Å². The number of aromatic nitrogens is 2. The molecule has 1 heterocycles. The van der Waals surface area contributed by atoms with E-state index in [1.807, 2.05) is 54.6 Å². The number of carbonyl (C=O) groups excluding carboxylic acids is 3. The molecule has 1 unspecified atom stereocenters. The SMILES string of the molecule is CC(=O)NC(C(=O)Nc1cccc(C(=O)c2ccc3c(C=Cc4ccccc4)n[nH]c3c2)c1)c1ccccc1. The van der Waals surface area contributed by atoms with Gasteiger partial charge in [-0.25, -0.2) is 0 Å². The third-order valence-corrected chi connectivity index (χ3v) is 6.22. The number of benzene rings is 4. The fourth-order valence-corrected chi connectivity index (χ4v) is 4.32. The molecule has 0 aliphatic heterocycles. The quantitative estimate of drug-likeness (QED) is 0.228. The van der Waals surface area contributed by atoms with E-state index in [4.69, 9.17) is 0 Å². The number of ketones is 1. The molecular formula is C32H26N4O3. The normalized spacial score (nSPS) is 11.8. The zero-order valence-corrected chi connectivity index (χ0v) is 21.2. The molecule has 2 amide bonds. The topological polar surface area (TPSA) is 104 Å². The standard InChI is InChI=1S/C32H26N4O3/c1-21(37)33-30(23-11-6-3-7-12-23)32(39)34-26-14-8-13-24(19-26)31(38)25-16-17-27-28(35-36-29(27)20-25)18-15-22-9-4-2-5-10-22/h2-20,30H,1H3,(H,33,37)(H,34,39)(H,35,36). The maximum absolute atomic E-state index is 13.3. The summed E-state index contributed by atoms with van der Waals surface area (Å²) >= 11 is 0. The number of nitrogens with zero attached hydrogens (tertiary/aromatic N) is 1. The number of anilines is 1. The summed E-state index contributed by atoms with van der Waals surface area (Å²) in [6.07, 6.45) is 3.92. The summed E-state index contributed by atoms with van der Waals surface area (Å²) in [7, 11) is 0. The van der Waals surface area contributed by atoms with Crippen LogP contribution >= 0.6 is 0 Å². The summed E-state index contributed by atoms with van der Waals surface area (Å²) in [5.74, 6) is -0.919. The van der Waals surface area contributed by atoms with Crippen LogP contribution in [0.2, 0.25) is 0 Å². The maximum atomic E-state index is 13.3. The van der Waals surface area contributed by atoms with Crippen molar-refractivity contribution in [2.24, 2.45) is 0 Å². The molecule has 0 aliphatic carbocycles. The number of nitrogens with one attached hydrogen (secondary N) is 3. The molecule has 5 aromatic rings. The van der Waals surface area contributed by atoms with Crippen LogP contribution in [-0.4, -0.2) is 27.8 Å². The summed E-state index contributed by atoms with van der Waals surface area (Å²) in [5.41, 5.74) is 4.62. The van der Waals surface area contributed by atoms with Crippen LogP contribution in [0, 0.1) is 0 Å². The lowest BCUT2D eigenvalue weighted by molar-refractivity contribution is -0.125. The molecule has 192 valence electrons. The van der Waals surface area contributed by atoms with Gasteiger partial charge in [0.05, 0.1) is 11.2 Å². The van der Waals surface area contributed by atoms with Crippen molar-refractivity contribution >= 4 is 46.3 Å². The summed E-state index contributed by atoms with van der Waals surface area (Å²) < 4.78 is 0. The lowest BCUT2D eigenvalue weighted by Crippen LogP contribution is -2.35. The van der Waals surface area contributed by atoms with E-state index in [1.165, 1.54) is 6.92 Å². The van der Waals surface area contributed by atoms with Gasteiger partial charge in [-0.1, -0.05) is 84.9 Å². The van der Waals surface area contributed by atoms with Crippen molar-refractivity contribution in [2.45, 2.75) is 13.0 Å². The highest BCUT2D eigenvalue weighted by Gasteiger charge is 2.22. The minimum absolute atomic E-state index is 0.189. The van der Waals surface area contributed by atoms with Gasteiger partial charge in [0.25, 0.3) is 5.91 Å². The first-order chi connectivity index (χ1) is 19.0. The molecule has 0 spiro atoms. The second-order valence-electron chi connectivity index (χ2n) is 9.06. The number of amides is 2. The number of aromatic amines is 1. The molecule has 0 saturated carbocycles. The van der Waals surface area contributed by atoms with Gasteiger partial charge in [0.2, 0.25) is 5.91 Å². The largest absolute Gasteiger partial charge is 0.341 e. The van der Waals surface area contributed by atoms with Crippen molar-refractivity contribution in [3.8, 4) is 0 Å². The number of carbonyl (C=O) groups is 3. The average molecular weight is 515 g/mol. The fraction of sp³-hybridized carbons (Fsp3) is 0.0625. The summed E-state index contributed by atoms with van der Waals surface area (Å²) in [6.45, 7) is 1.36. The number of hydrogen-bond donors (Lipinski definition) is 3. The third-order valence-electron chi connectivity index (χ3n) is 6.22. The molecule has 7 nitrogen and oxygen atoms in total. The van der Waals surface area contributed by atoms with Gasteiger partial charge in [-0.2, -0.15) is 5.10 Å². The predicted octanol–water partition coefficient (Wildman–Crippen LogP) is 5.78. The number of rotatable bonds is 8. The van der Waals surface area contributed by atoms with Gasteiger partial charge in [-0.15, -0.1) is 0 Å². The van der Waals surface area contributed by atoms with Crippen molar-refractivity contribution in [1.29, 1.82) is 0 Å². The van der Waals surface area contributed by atoms with Gasteiger partial charge < -0.3 is 10.6 Å². The maximum Gasteiger partial charge on any atom is 0.251 e. The Morgan fingerprint density at radius 2 is 1.51 bits per heavy atom. The van der Waals surface area contributed by atoms with Crippen LogP contribution in [-0.2, 0) is 9.59 Å².